The van der Waals surface area contributed by atoms with Gasteiger partial charge in [0, 0.05) is 57.5 Å². The van der Waals surface area contributed by atoms with Crippen molar-refractivity contribution in [2.75, 3.05) is 111 Å². The summed E-state index contributed by atoms with van der Waals surface area (Å²) in [5.41, 5.74) is 9.45. The fraction of sp³-hybridized carbons (Fsp3) is 0.348. The number of hydrogen-bond acceptors (Lipinski definition) is 25. The molecule has 0 radical (unpaired) electrons. The van der Waals surface area contributed by atoms with E-state index < -0.39 is 74.8 Å². The number of nitrogens with two attached hydrogens (primary N) is 2. The Morgan fingerprint density at radius 2 is 0.895 bits per heavy atom. The average molecular weight is 1690 g/mol. The van der Waals surface area contributed by atoms with Gasteiger partial charge < -0.3 is 41.5 Å². The molecule has 11 rings (SSSR count). The minimum atomic E-state index is -3.76. The molecule has 2 aromatic carbocycles. The number of nitrogen functional groups attached to an aromatic ring is 2. The number of hydrogen-bond donors (Lipinski definition) is 10. The standard InChI is InChI=1S/C20H23ClFN5O4S.C10H10Cl2FNO3S.C10H12N4O3.C10H14N4O.C9H9N3O4.C5H5N3O2.C4H9N.CH4/c1-2-11-32(30,31)26-15-7-6-14(21)17(18(15)22)19(28)24-13-5-8-16(23-12-13)25-20(29)27-9-3-4-10-27;1-2-5-18(16,17)14-7-4-3-6(11)8(9(7)13)10(12)15;15-10(13-5-1-2-6-13)12-9-4-3-8(7-11-9)14(16)17;11-8-3-4-9(12-7-8)13-10(15)14-5-1-2-6-14;1-6(2)16-9(13)11-8-4-3-7(5-10-8)12(14)15;6-5-2-1-4(3-7-5)8(9)10;1-2-4-5-3-1;/h5-8,12,26H,2-4,9-11H2,1H3,(H,24,28)(H,23,25,29);3-4,14H,2,5H2,1H3;3-4,7H,1-2,5-6H2,(H,11,12,15);3-4,7H,1-2,5-6,11H2,(H,12,13,15);3-5H,1H2,2H3,(H,10,11,13);1-3H,(H2,6,7);5H,1-4H2;1H4. The quantitative estimate of drug-likeness (QED) is 0.0156. The Balaban J connectivity index is 0.000000294. The molecule has 616 valence electrons. The van der Waals surface area contributed by atoms with E-state index in [2.05, 4.69) is 72.9 Å². The van der Waals surface area contributed by atoms with Crippen LogP contribution < -0.4 is 52.8 Å². The molecule has 12 N–H and O–H groups in total. The third-order valence-corrected chi connectivity index (χ3v) is 18.9. The highest BCUT2D eigenvalue weighted by Crippen LogP contribution is 2.30. The number of amides is 8. The average Bonchev–Trinajstić information content (AvgIpc) is 0.919. The summed E-state index contributed by atoms with van der Waals surface area (Å²) in [5, 5.41) is 45.3. The zero-order chi connectivity index (χ0) is 83.4. The van der Waals surface area contributed by atoms with Crippen molar-refractivity contribution in [3.8, 4) is 0 Å². The highest BCUT2D eigenvalue weighted by Gasteiger charge is 2.26. The van der Waals surface area contributed by atoms with Gasteiger partial charge >= 0.3 is 24.2 Å². The van der Waals surface area contributed by atoms with E-state index in [1.54, 1.807) is 40.7 Å². The van der Waals surface area contributed by atoms with E-state index in [0.29, 0.717) is 49.1 Å². The number of benzene rings is 2. The van der Waals surface area contributed by atoms with Crippen molar-refractivity contribution < 1.29 is 73.9 Å². The monoisotopic (exact) mass is 1690 g/mol. The Hall–Kier alpha value is -11.9. The molecule has 4 saturated heterocycles. The summed E-state index contributed by atoms with van der Waals surface area (Å²) in [6.07, 6.45) is 15.0. The van der Waals surface area contributed by atoms with Crippen LogP contribution in [-0.2, 0) is 24.8 Å². The number of anilines is 9. The first-order valence-corrected chi connectivity index (χ1v) is 38.8. The number of sulfonamides is 2. The van der Waals surface area contributed by atoms with Gasteiger partial charge in [0.1, 0.15) is 47.7 Å². The van der Waals surface area contributed by atoms with Gasteiger partial charge in [-0.2, -0.15) is 0 Å². The molecule has 7 aromatic rings. The molecule has 38 nitrogen and oxygen atoms in total. The number of pyridine rings is 5. The molecule has 4 aliphatic rings. The van der Waals surface area contributed by atoms with E-state index >= 15 is 0 Å². The molecule has 0 atom stereocenters. The summed E-state index contributed by atoms with van der Waals surface area (Å²) in [6.45, 7) is 15.3. The lowest BCUT2D eigenvalue weighted by atomic mass is 10.1. The number of halogens is 5. The van der Waals surface area contributed by atoms with Gasteiger partial charge in [-0.25, -0.2) is 69.7 Å². The van der Waals surface area contributed by atoms with Gasteiger partial charge in [-0.05, 0) is 163 Å². The lowest BCUT2D eigenvalue weighted by molar-refractivity contribution is -0.385. The number of aromatic nitrogens is 5. The molecular formula is C69H86Cl3F2N21O17S2. The van der Waals surface area contributed by atoms with E-state index in [1.807, 2.05) is 4.72 Å². The van der Waals surface area contributed by atoms with Crippen LogP contribution in [0.25, 0.3) is 0 Å². The van der Waals surface area contributed by atoms with E-state index in [1.165, 1.54) is 106 Å². The summed E-state index contributed by atoms with van der Waals surface area (Å²) >= 11 is 16.8. The molecule has 0 saturated carbocycles. The van der Waals surface area contributed by atoms with Crippen molar-refractivity contribution in [2.24, 2.45) is 0 Å². The lowest BCUT2D eigenvalue weighted by Crippen LogP contribution is -2.32. The second-order valence-corrected chi connectivity index (χ2v) is 29.0. The number of rotatable bonds is 19. The molecule has 5 aromatic heterocycles. The Bertz CT molecular complexity index is 4650. The summed E-state index contributed by atoms with van der Waals surface area (Å²) < 4.78 is 84.4. The van der Waals surface area contributed by atoms with Crippen molar-refractivity contribution in [1.82, 2.24) is 44.9 Å². The third kappa shape index (κ3) is 33.2. The number of urea groups is 3. The summed E-state index contributed by atoms with van der Waals surface area (Å²) in [6, 6.07) is 18.5. The van der Waals surface area contributed by atoms with Crippen molar-refractivity contribution >= 4 is 159 Å². The second-order valence-electron chi connectivity index (χ2n) is 24.1. The lowest BCUT2D eigenvalue weighted by Gasteiger charge is -2.16. The highest BCUT2D eigenvalue weighted by atomic mass is 35.5. The van der Waals surface area contributed by atoms with E-state index in [-0.39, 0.29) is 98.6 Å². The van der Waals surface area contributed by atoms with Crippen LogP contribution in [0.5, 0.6) is 0 Å². The molecule has 114 heavy (non-hydrogen) atoms. The topological polar surface area (TPSA) is 532 Å². The van der Waals surface area contributed by atoms with Gasteiger partial charge in [0.25, 0.3) is 28.2 Å². The van der Waals surface area contributed by atoms with Crippen molar-refractivity contribution in [2.45, 2.75) is 92.4 Å². The normalized spacial score (nSPS) is 13.0. The van der Waals surface area contributed by atoms with Gasteiger partial charge in [-0.3, -0.25) is 70.6 Å². The maximum Gasteiger partial charge on any atom is 0.417 e. The molecule has 4 aliphatic heterocycles. The van der Waals surface area contributed by atoms with E-state index in [9.17, 15) is 84.7 Å². The number of nitrogens with one attached hydrogen (secondary N) is 8. The molecule has 0 spiro atoms. The molecule has 8 amide bonds. The molecular weight excluding hydrogens is 1600 g/mol. The number of nitrogens with zero attached hydrogens (tertiary/aromatic N) is 11. The molecule has 45 heteroatoms. The maximum atomic E-state index is 14.9. The van der Waals surface area contributed by atoms with Crippen LogP contribution in [-0.4, -0.2) is 170 Å². The maximum absolute atomic E-state index is 14.9. The number of allylic oxidation sites excluding steroid dienone is 1. The largest absolute Gasteiger partial charge is 0.417 e. The zero-order valence-corrected chi connectivity index (χ0v) is 64.9. The smallest absolute Gasteiger partial charge is 0.416 e. The molecule has 4 fully saturated rings. The second kappa shape index (κ2) is 47.5. The highest BCUT2D eigenvalue weighted by molar-refractivity contribution is 7.93. The number of carbonyl (C=O) groups is 6. The summed E-state index contributed by atoms with van der Waals surface area (Å²) in [7, 11) is -7.41. The summed E-state index contributed by atoms with van der Waals surface area (Å²) in [4.78, 5) is 124. The van der Waals surface area contributed by atoms with Crippen LogP contribution in [0.15, 0.2) is 128 Å². The molecule has 9 heterocycles. The van der Waals surface area contributed by atoms with Crippen molar-refractivity contribution in [1.29, 1.82) is 0 Å². The predicted molar refractivity (Wildman–Crippen MR) is 430 cm³/mol. The molecule has 0 aliphatic carbocycles. The van der Waals surface area contributed by atoms with Gasteiger partial charge in [0.2, 0.25) is 20.0 Å². The SMILES string of the molecule is C.C1CCNC1.C=C(C)OC(=O)Nc1ccc([N+](=O)[O-])cn1.CCCS(=O)(=O)Nc1ccc(Cl)c(C(=O)Cl)c1F.CCCS(=O)(=O)Nc1ccc(Cl)c(C(=O)Nc2ccc(NC(=O)N3CCCC3)nc2)c1F.Nc1ccc(NC(=O)N2CCCC2)nc1.Nc1ccc([N+](=O)[O-])cn1.O=C(Nc1ccc([N+](=O)[O-])cn1)N1CCCC1. The minimum Gasteiger partial charge on any atom is -0.416 e. The minimum absolute atomic E-state index is 0. The first-order chi connectivity index (χ1) is 53.6. The van der Waals surface area contributed by atoms with E-state index in [0.717, 1.165) is 95.4 Å². The first kappa shape index (κ1) is 94.5. The van der Waals surface area contributed by atoms with Crippen LogP contribution in [0, 0.1) is 42.0 Å². The van der Waals surface area contributed by atoms with Crippen LogP contribution in [0.2, 0.25) is 10.0 Å². The fourth-order valence-electron chi connectivity index (χ4n) is 9.72. The van der Waals surface area contributed by atoms with Crippen molar-refractivity contribution in [3.05, 3.63) is 191 Å². The fourth-order valence-corrected chi connectivity index (χ4v) is 12.7. The van der Waals surface area contributed by atoms with Gasteiger partial charge in [-0.15, -0.1) is 0 Å². The third-order valence-electron chi connectivity index (χ3n) is 15.1. The Morgan fingerprint density at radius 1 is 0.526 bits per heavy atom. The van der Waals surface area contributed by atoms with Crippen LogP contribution in [0.1, 0.15) is 113 Å². The number of nitro groups is 3. The van der Waals surface area contributed by atoms with Crippen LogP contribution in [0.3, 0.4) is 0 Å². The van der Waals surface area contributed by atoms with Crippen LogP contribution >= 0.6 is 34.8 Å². The predicted octanol–water partition coefficient (Wildman–Crippen LogP) is 13.5. The first-order valence-electron chi connectivity index (χ1n) is 34.3. The Labute approximate surface area is 669 Å². The Kier molecular flexibility index (Phi) is 39.4. The van der Waals surface area contributed by atoms with Gasteiger partial charge in [0.15, 0.2) is 11.6 Å². The van der Waals surface area contributed by atoms with Gasteiger partial charge in [-0.1, -0.05) is 51.1 Å². The number of ether oxygens (including phenoxy) is 1. The zero-order valence-electron chi connectivity index (χ0n) is 61.0. The van der Waals surface area contributed by atoms with Gasteiger partial charge in [0.05, 0.1) is 88.4 Å². The number of likely N-dealkylation sites (tertiary alicyclic amines) is 3. The molecule has 0 unspecified atom stereocenters. The summed E-state index contributed by atoms with van der Waals surface area (Å²) in [5.74, 6) is -1.53. The van der Waals surface area contributed by atoms with Crippen molar-refractivity contribution in [3.63, 3.8) is 0 Å². The molecule has 0 bridgehead atoms. The number of carbonyl (C=O) groups excluding carboxylic acids is 6. The van der Waals surface area contributed by atoms with E-state index in [4.69, 9.17) is 46.3 Å². The Morgan fingerprint density at radius 3 is 1.22 bits per heavy atom. The van der Waals surface area contributed by atoms with Crippen LogP contribution in [0.4, 0.5) is 96.9 Å².